The van der Waals surface area contributed by atoms with Gasteiger partial charge in [-0.1, -0.05) is 18.5 Å². The molecule has 0 bridgehead atoms. The third-order valence-corrected chi connectivity index (χ3v) is 4.51. The number of carbonyl (C=O) groups excluding carboxylic acids is 1. The summed E-state index contributed by atoms with van der Waals surface area (Å²) in [5, 5.41) is -1.37. The molecule has 0 aliphatic rings. The lowest BCUT2D eigenvalue weighted by Crippen LogP contribution is -2.20. The summed E-state index contributed by atoms with van der Waals surface area (Å²) in [5.41, 5.74) is -0.0606. The maximum absolute atomic E-state index is 12.3. The Morgan fingerprint density at radius 2 is 2.05 bits per heavy atom. The van der Waals surface area contributed by atoms with Crippen molar-refractivity contribution in [3.8, 4) is 0 Å². The van der Waals surface area contributed by atoms with E-state index in [1.807, 2.05) is 0 Å². The van der Waals surface area contributed by atoms with Gasteiger partial charge in [-0.05, 0) is 6.08 Å². The van der Waals surface area contributed by atoms with E-state index in [1.54, 1.807) is 0 Å². The molecular formula is C11H12ClF3N2O3S. The number of nitrogens with zero attached hydrogens (tertiary/aromatic N) is 2. The van der Waals surface area contributed by atoms with Crippen LogP contribution in [0.4, 0.5) is 13.2 Å². The van der Waals surface area contributed by atoms with Gasteiger partial charge in [0.25, 0.3) is 0 Å². The highest BCUT2D eigenvalue weighted by atomic mass is 35.5. The van der Waals surface area contributed by atoms with Gasteiger partial charge >= 0.3 is 6.18 Å². The number of ketones is 1. The maximum atomic E-state index is 12.3. The molecule has 1 heterocycles. The lowest BCUT2D eigenvalue weighted by Gasteiger charge is -2.05. The number of hydrogen-bond donors (Lipinski definition) is 0. The molecule has 5 nitrogen and oxygen atoms in total. The van der Waals surface area contributed by atoms with Gasteiger partial charge in [-0.15, -0.1) is 0 Å². The van der Waals surface area contributed by atoms with Crippen molar-refractivity contribution in [1.82, 2.24) is 9.55 Å². The van der Waals surface area contributed by atoms with E-state index in [2.05, 4.69) is 4.98 Å². The molecule has 0 amide bonds. The summed E-state index contributed by atoms with van der Waals surface area (Å²) >= 11 is 5.10. The topological polar surface area (TPSA) is 69.0 Å². The van der Waals surface area contributed by atoms with Gasteiger partial charge in [0.15, 0.2) is 15.7 Å². The van der Waals surface area contributed by atoms with Crippen LogP contribution in [0, 0.1) is 0 Å². The number of sulfone groups is 1. The maximum Gasteiger partial charge on any atom is 0.427 e. The highest BCUT2D eigenvalue weighted by Crippen LogP contribution is 2.30. The fourth-order valence-electron chi connectivity index (χ4n) is 1.39. The van der Waals surface area contributed by atoms with Gasteiger partial charge in [0.1, 0.15) is 10.8 Å². The summed E-state index contributed by atoms with van der Waals surface area (Å²) in [5.74, 6) is -1.99. The van der Waals surface area contributed by atoms with E-state index in [1.165, 1.54) is 14.0 Å². The van der Waals surface area contributed by atoms with E-state index in [0.717, 1.165) is 10.8 Å². The molecule has 118 valence electrons. The molecule has 21 heavy (non-hydrogen) atoms. The van der Waals surface area contributed by atoms with Crippen molar-refractivity contribution in [2.75, 3.05) is 11.5 Å². The van der Waals surface area contributed by atoms with E-state index in [0.29, 0.717) is 6.08 Å². The number of allylic oxidation sites excluding steroid dienone is 1. The Balaban J connectivity index is 3.09. The molecule has 0 fully saturated rings. The smallest absolute Gasteiger partial charge is 0.325 e. The number of alkyl halides is 3. The van der Waals surface area contributed by atoms with Crippen molar-refractivity contribution in [3.63, 3.8) is 0 Å². The quantitative estimate of drug-likeness (QED) is 0.768. The number of imidazole rings is 1. The van der Waals surface area contributed by atoms with E-state index in [9.17, 15) is 26.4 Å². The number of halogens is 4. The zero-order chi connectivity index (χ0) is 16.4. The van der Waals surface area contributed by atoms with Gasteiger partial charge in [0, 0.05) is 12.8 Å². The van der Waals surface area contributed by atoms with Crippen molar-refractivity contribution < 1.29 is 26.4 Å². The highest BCUT2D eigenvalue weighted by molar-refractivity contribution is 7.92. The van der Waals surface area contributed by atoms with Gasteiger partial charge in [0.2, 0.25) is 5.78 Å². The van der Waals surface area contributed by atoms with Crippen LogP contribution in [0.25, 0.3) is 6.08 Å². The molecule has 0 radical (unpaired) electrons. The van der Waals surface area contributed by atoms with E-state index >= 15 is 0 Å². The third kappa shape index (κ3) is 4.57. The molecule has 1 rings (SSSR count). The van der Waals surface area contributed by atoms with Crippen LogP contribution in [0.15, 0.2) is 11.2 Å². The van der Waals surface area contributed by atoms with Crippen molar-refractivity contribution in [3.05, 3.63) is 22.7 Å². The van der Waals surface area contributed by atoms with Crippen LogP contribution in [-0.4, -0.2) is 41.4 Å². The third-order valence-electron chi connectivity index (χ3n) is 2.61. The van der Waals surface area contributed by atoms with Crippen molar-refractivity contribution in [2.45, 2.75) is 13.1 Å². The van der Waals surface area contributed by atoms with Gasteiger partial charge in [0.05, 0.1) is 11.9 Å². The first kappa shape index (κ1) is 17.7. The molecule has 0 spiro atoms. The highest BCUT2D eigenvalue weighted by Gasteiger charge is 2.32. The molecular weight excluding hydrogens is 333 g/mol. The second kappa shape index (κ2) is 6.18. The molecule has 0 unspecified atom stereocenters. The van der Waals surface area contributed by atoms with Crippen LogP contribution in [0.2, 0.25) is 0 Å². The fourth-order valence-corrected chi connectivity index (χ4v) is 2.24. The summed E-state index contributed by atoms with van der Waals surface area (Å²) in [6, 6.07) is 0. The van der Waals surface area contributed by atoms with Gasteiger partial charge in [-0.25, -0.2) is 13.4 Å². The standard InChI is InChI=1S/C11H12ClF3N2O3S/c1-3-21(19,20)6-8(18)10-16-5-7(17(10)2)4-9(12)11(13,14)15/h4-5H,3,6H2,1-2H3/b9-4-. The average molecular weight is 345 g/mol. The minimum absolute atomic E-state index is 0.0606. The van der Waals surface area contributed by atoms with Crippen LogP contribution >= 0.6 is 11.6 Å². The average Bonchev–Trinajstić information content (AvgIpc) is 2.69. The van der Waals surface area contributed by atoms with Crippen molar-refractivity contribution >= 4 is 33.3 Å². The summed E-state index contributed by atoms with van der Waals surface area (Å²) in [6.07, 6.45) is -3.08. The van der Waals surface area contributed by atoms with Gasteiger partial charge in [-0.3, -0.25) is 4.79 Å². The Morgan fingerprint density at radius 3 is 2.52 bits per heavy atom. The predicted octanol–water partition coefficient (Wildman–Crippen LogP) is 2.18. The fraction of sp³-hybridized carbons (Fsp3) is 0.455. The summed E-state index contributed by atoms with van der Waals surface area (Å²) in [6.45, 7) is 1.39. The van der Waals surface area contributed by atoms with Gasteiger partial charge in [-0.2, -0.15) is 13.2 Å². The Hall–Kier alpha value is -1.35. The first-order chi connectivity index (χ1) is 9.48. The largest absolute Gasteiger partial charge is 0.427 e. The minimum atomic E-state index is -4.71. The molecule has 0 aromatic carbocycles. The number of carbonyl (C=O) groups is 1. The van der Waals surface area contributed by atoms with Crippen LogP contribution in [0.1, 0.15) is 23.2 Å². The van der Waals surface area contributed by atoms with Crippen LogP contribution in [-0.2, 0) is 16.9 Å². The van der Waals surface area contributed by atoms with Crippen LogP contribution in [0.5, 0.6) is 0 Å². The first-order valence-corrected chi connectivity index (χ1v) is 7.87. The molecule has 0 atom stereocenters. The second-order valence-electron chi connectivity index (χ2n) is 4.16. The molecule has 1 aromatic rings. The molecule has 0 aliphatic heterocycles. The number of aromatic nitrogens is 2. The van der Waals surface area contributed by atoms with Crippen LogP contribution < -0.4 is 0 Å². The normalized spacial score (nSPS) is 13.5. The van der Waals surface area contributed by atoms with E-state index in [4.69, 9.17) is 11.6 Å². The Bertz CT molecular complexity index is 677. The monoisotopic (exact) mass is 344 g/mol. The van der Waals surface area contributed by atoms with Crippen LogP contribution in [0.3, 0.4) is 0 Å². The lowest BCUT2D eigenvalue weighted by atomic mass is 10.3. The number of hydrogen-bond acceptors (Lipinski definition) is 4. The molecule has 0 N–H and O–H groups in total. The zero-order valence-electron chi connectivity index (χ0n) is 11.1. The Labute approximate surface area is 124 Å². The second-order valence-corrected chi connectivity index (χ2v) is 6.92. The molecule has 0 saturated heterocycles. The summed E-state index contributed by atoms with van der Waals surface area (Å²) in [4.78, 5) is 15.4. The van der Waals surface area contributed by atoms with E-state index in [-0.39, 0.29) is 17.3 Å². The van der Waals surface area contributed by atoms with Crippen molar-refractivity contribution in [2.24, 2.45) is 7.05 Å². The summed E-state index contributed by atoms with van der Waals surface area (Å²) in [7, 11) is -2.25. The predicted molar refractivity (Wildman–Crippen MR) is 71.8 cm³/mol. The Kier molecular flexibility index (Phi) is 5.21. The first-order valence-electron chi connectivity index (χ1n) is 5.67. The molecule has 0 saturated carbocycles. The number of rotatable bonds is 5. The minimum Gasteiger partial charge on any atom is -0.325 e. The van der Waals surface area contributed by atoms with E-state index < -0.39 is 32.6 Å². The zero-order valence-corrected chi connectivity index (χ0v) is 12.7. The summed E-state index contributed by atoms with van der Waals surface area (Å²) < 4.78 is 60.8. The molecule has 10 heteroatoms. The van der Waals surface area contributed by atoms with Crippen molar-refractivity contribution in [1.29, 1.82) is 0 Å². The molecule has 1 aromatic heterocycles. The van der Waals surface area contributed by atoms with Gasteiger partial charge < -0.3 is 4.57 Å². The number of Topliss-reactive ketones (excluding diaryl/α,β-unsaturated/α-hetero) is 1. The molecule has 0 aliphatic carbocycles. The SMILES string of the molecule is CCS(=O)(=O)CC(=O)c1ncc(/C=C(\Cl)C(F)(F)F)n1C. The Morgan fingerprint density at radius 1 is 1.48 bits per heavy atom. The lowest BCUT2D eigenvalue weighted by molar-refractivity contribution is -0.0837.